The molecule has 0 aromatic heterocycles. The van der Waals surface area contributed by atoms with Crippen molar-refractivity contribution in [1.82, 2.24) is 4.90 Å². The van der Waals surface area contributed by atoms with Gasteiger partial charge in [0.2, 0.25) is 0 Å². The van der Waals surface area contributed by atoms with Crippen LogP contribution < -0.4 is 0 Å². The molecule has 5 nitrogen and oxygen atoms in total. The number of hydrogen-bond acceptors (Lipinski definition) is 4. The molecule has 1 aromatic rings. The van der Waals surface area contributed by atoms with Crippen LogP contribution in [0.4, 0.5) is 0 Å². The van der Waals surface area contributed by atoms with Crippen LogP contribution in [0.5, 0.6) is 0 Å². The summed E-state index contributed by atoms with van der Waals surface area (Å²) in [5.41, 5.74) is 2.16. The molecule has 1 aliphatic heterocycles. The van der Waals surface area contributed by atoms with Crippen LogP contribution >= 0.6 is 0 Å². The highest BCUT2D eigenvalue weighted by Gasteiger charge is 2.27. The Hall–Kier alpha value is -1.87. The number of nitrogens with zero attached hydrogens (tertiary/aromatic N) is 1. The number of aryl methyl sites for hydroxylation is 1. The van der Waals surface area contributed by atoms with Gasteiger partial charge in [0.05, 0.1) is 25.9 Å². The van der Waals surface area contributed by atoms with Gasteiger partial charge in [0.1, 0.15) is 6.61 Å². The number of amides is 1. The van der Waals surface area contributed by atoms with Gasteiger partial charge >= 0.3 is 0 Å². The standard InChI is InChI=1S/C16H19NO4/c1-12-7-13(3-2-5-18)9-14(8-12)16(20)17-4-6-21-11-15(17)10-19/h7-9,15,18-19H,4-6,10-11H2,1H3. The SMILES string of the molecule is Cc1cc(C#CCO)cc(C(=O)N2CCOCC2CO)c1. The Balaban J connectivity index is 2.27. The number of aliphatic hydroxyl groups is 2. The van der Waals surface area contributed by atoms with E-state index in [-0.39, 0.29) is 25.2 Å². The maximum atomic E-state index is 12.6. The quantitative estimate of drug-likeness (QED) is 0.762. The van der Waals surface area contributed by atoms with E-state index in [0.717, 1.165) is 5.56 Å². The summed E-state index contributed by atoms with van der Waals surface area (Å²) in [5.74, 6) is 5.26. The number of ether oxygens (including phenoxy) is 1. The monoisotopic (exact) mass is 289 g/mol. The Kier molecular flexibility index (Phi) is 5.34. The third-order valence-corrected chi connectivity index (χ3v) is 3.34. The molecule has 1 unspecified atom stereocenters. The second kappa shape index (κ2) is 7.23. The predicted octanol–water partition coefficient (Wildman–Crippen LogP) is 0.172. The van der Waals surface area contributed by atoms with E-state index in [9.17, 15) is 9.90 Å². The van der Waals surface area contributed by atoms with Gasteiger partial charge in [0, 0.05) is 17.7 Å². The first kappa shape index (κ1) is 15.5. The Morgan fingerprint density at radius 1 is 1.43 bits per heavy atom. The molecular weight excluding hydrogens is 270 g/mol. The zero-order chi connectivity index (χ0) is 15.2. The second-order valence-corrected chi connectivity index (χ2v) is 4.96. The van der Waals surface area contributed by atoms with Gasteiger partial charge in [0.25, 0.3) is 5.91 Å². The number of carbonyl (C=O) groups excluding carboxylic acids is 1. The summed E-state index contributed by atoms with van der Waals surface area (Å²) in [6.45, 7) is 2.86. The fraction of sp³-hybridized carbons (Fsp3) is 0.438. The van der Waals surface area contributed by atoms with Crippen LogP contribution in [0.2, 0.25) is 0 Å². The van der Waals surface area contributed by atoms with Crippen molar-refractivity contribution in [2.75, 3.05) is 33.0 Å². The molecule has 2 rings (SSSR count). The lowest BCUT2D eigenvalue weighted by atomic mass is 10.0. The third kappa shape index (κ3) is 3.82. The molecular formula is C16H19NO4. The summed E-state index contributed by atoms with van der Waals surface area (Å²) in [4.78, 5) is 14.2. The molecule has 0 radical (unpaired) electrons. The summed E-state index contributed by atoms with van der Waals surface area (Å²) < 4.78 is 5.29. The Labute approximate surface area is 124 Å². The highest BCUT2D eigenvalue weighted by Crippen LogP contribution is 2.15. The topological polar surface area (TPSA) is 70.0 Å². The molecule has 0 spiro atoms. The van der Waals surface area contributed by atoms with Gasteiger partial charge in [-0.1, -0.05) is 11.8 Å². The zero-order valence-corrected chi connectivity index (χ0v) is 12.0. The highest BCUT2D eigenvalue weighted by molar-refractivity contribution is 5.95. The van der Waals surface area contributed by atoms with Gasteiger partial charge in [-0.05, 0) is 30.7 Å². The van der Waals surface area contributed by atoms with E-state index in [1.807, 2.05) is 13.0 Å². The van der Waals surface area contributed by atoms with Crippen LogP contribution in [-0.2, 0) is 4.74 Å². The van der Waals surface area contributed by atoms with Crippen molar-refractivity contribution >= 4 is 5.91 Å². The van der Waals surface area contributed by atoms with Crippen molar-refractivity contribution in [2.24, 2.45) is 0 Å². The summed E-state index contributed by atoms with van der Waals surface area (Å²) >= 11 is 0. The fourth-order valence-electron chi connectivity index (χ4n) is 2.36. The molecule has 21 heavy (non-hydrogen) atoms. The first-order chi connectivity index (χ1) is 10.2. The molecule has 1 aliphatic rings. The maximum absolute atomic E-state index is 12.6. The number of benzene rings is 1. The van der Waals surface area contributed by atoms with Crippen molar-refractivity contribution in [2.45, 2.75) is 13.0 Å². The van der Waals surface area contributed by atoms with Gasteiger partial charge < -0.3 is 19.8 Å². The van der Waals surface area contributed by atoms with E-state index in [4.69, 9.17) is 9.84 Å². The third-order valence-electron chi connectivity index (χ3n) is 3.34. The number of hydrogen-bond donors (Lipinski definition) is 2. The van der Waals surface area contributed by atoms with Crippen molar-refractivity contribution in [1.29, 1.82) is 0 Å². The van der Waals surface area contributed by atoms with Crippen LogP contribution in [0.25, 0.3) is 0 Å². The lowest BCUT2D eigenvalue weighted by Gasteiger charge is -2.34. The maximum Gasteiger partial charge on any atom is 0.254 e. The van der Waals surface area contributed by atoms with E-state index in [2.05, 4.69) is 11.8 Å². The van der Waals surface area contributed by atoms with Crippen LogP contribution in [0.15, 0.2) is 18.2 Å². The summed E-state index contributed by atoms with van der Waals surface area (Å²) in [6.07, 6.45) is 0. The van der Waals surface area contributed by atoms with Crippen molar-refractivity contribution in [3.63, 3.8) is 0 Å². The molecule has 1 aromatic carbocycles. The van der Waals surface area contributed by atoms with Crippen molar-refractivity contribution in [3.8, 4) is 11.8 Å². The van der Waals surface area contributed by atoms with E-state index >= 15 is 0 Å². The molecule has 1 fully saturated rings. The average Bonchev–Trinajstić information content (AvgIpc) is 2.51. The molecule has 0 bridgehead atoms. The lowest BCUT2D eigenvalue weighted by Crippen LogP contribution is -2.50. The van der Waals surface area contributed by atoms with Gasteiger partial charge in [-0.2, -0.15) is 0 Å². The van der Waals surface area contributed by atoms with E-state index in [1.54, 1.807) is 17.0 Å². The van der Waals surface area contributed by atoms with Crippen molar-refractivity contribution in [3.05, 3.63) is 34.9 Å². The van der Waals surface area contributed by atoms with Crippen LogP contribution in [0.3, 0.4) is 0 Å². The molecule has 1 amide bonds. The summed E-state index contributed by atoms with van der Waals surface area (Å²) in [5, 5.41) is 18.1. The van der Waals surface area contributed by atoms with Crippen LogP contribution in [-0.4, -0.2) is 60.0 Å². The molecule has 5 heteroatoms. The number of carbonyl (C=O) groups is 1. The molecule has 1 saturated heterocycles. The van der Waals surface area contributed by atoms with E-state index < -0.39 is 0 Å². The molecule has 2 N–H and O–H groups in total. The van der Waals surface area contributed by atoms with Crippen molar-refractivity contribution < 1.29 is 19.7 Å². The minimum atomic E-state index is -0.307. The first-order valence-corrected chi connectivity index (χ1v) is 6.86. The lowest BCUT2D eigenvalue weighted by molar-refractivity contribution is -0.0183. The Morgan fingerprint density at radius 2 is 2.24 bits per heavy atom. The second-order valence-electron chi connectivity index (χ2n) is 4.96. The smallest absolute Gasteiger partial charge is 0.254 e. The Bertz CT molecular complexity index is 573. The molecule has 0 saturated carbocycles. The highest BCUT2D eigenvalue weighted by atomic mass is 16.5. The molecule has 112 valence electrons. The van der Waals surface area contributed by atoms with Crippen LogP contribution in [0.1, 0.15) is 21.5 Å². The minimum absolute atomic E-state index is 0.116. The molecule has 0 aliphatic carbocycles. The van der Waals surface area contributed by atoms with E-state index in [1.165, 1.54) is 0 Å². The zero-order valence-electron chi connectivity index (χ0n) is 12.0. The fourth-order valence-corrected chi connectivity index (χ4v) is 2.36. The molecule has 1 atom stereocenters. The van der Waals surface area contributed by atoms with Gasteiger partial charge in [-0.15, -0.1) is 0 Å². The van der Waals surface area contributed by atoms with Gasteiger partial charge in [-0.25, -0.2) is 0 Å². The number of rotatable bonds is 2. The predicted molar refractivity (Wildman–Crippen MR) is 77.9 cm³/mol. The molecule has 1 heterocycles. The van der Waals surface area contributed by atoms with Crippen LogP contribution in [0, 0.1) is 18.8 Å². The van der Waals surface area contributed by atoms with E-state index in [0.29, 0.717) is 30.9 Å². The Morgan fingerprint density at radius 3 is 2.95 bits per heavy atom. The summed E-state index contributed by atoms with van der Waals surface area (Å²) in [6, 6.07) is 5.07. The minimum Gasteiger partial charge on any atom is -0.394 e. The largest absolute Gasteiger partial charge is 0.394 e. The normalized spacial score (nSPS) is 18.0. The van der Waals surface area contributed by atoms with Gasteiger partial charge in [-0.3, -0.25) is 4.79 Å². The van der Waals surface area contributed by atoms with Gasteiger partial charge in [0.15, 0.2) is 0 Å². The average molecular weight is 289 g/mol. The number of aliphatic hydroxyl groups excluding tert-OH is 2. The first-order valence-electron chi connectivity index (χ1n) is 6.86. The summed E-state index contributed by atoms with van der Waals surface area (Å²) in [7, 11) is 0. The number of morpholine rings is 1.